The normalized spacial score (nSPS) is 17.0. The van der Waals surface area contributed by atoms with E-state index in [0.29, 0.717) is 6.61 Å². The molecule has 20 heavy (non-hydrogen) atoms. The van der Waals surface area contributed by atoms with Gasteiger partial charge in [0, 0.05) is 6.04 Å². The Bertz CT molecular complexity index is 592. The summed E-state index contributed by atoms with van der Waals surface area (Å²) in [6.07, 6.45) is 2.07. The van der Waals surface area contributed by atoms with Gasteiger partial charge in [0.2, 0.25) is 0 Å². The smallest absolute Gasteiger partial charge is 0.120 e. The van der Waals surface area contributed by atoms with Crippen molar-refractivity contribution in [2.24, 2.45) is 5.73 Å². The summed E-state index contributed by atoms with van der Waals surface area (Å²) in [5, 5.41) is 9.01. The highest BCUT2D eigenvalue weighted by Gasteiger charge is 2.18. The van der Waals surface area contributed by atoms with Crippen molar-refractivity contribution < 1.29 is 9.84 Å². The number of aliphatic hydroxyl groups excluding tert-OH is 1. The molecule has 1 aliphatic rings. The number of fused-ring (bicyclic) bond motifs is 1. The van der Waals surface area contributed by atoms with Crippen LogP contribution in [0.15, 0.2) is 42.5 Å². The molecule has 0 heterocycles. The Morgan fingerprint density at radius 3 is 2.60 bits per heavy atom. The van der Waals surface area contributed by atoms with Crippen LogP contribution in [0, 0.1) is 0 Å². The minimum atomic E-state index is 0.0756. The van der Waals surface area contributed by atoms with E-state index in [9.17, 15) is 0 Å². The second kappa shape index (κ2) is 5.65. The van der Waals surface area contributed by atoms with E-state index in [0.717, 1.165) is 29.7 Å². The number of hydrogen-bond donors (Lipinski definition) is 2. The van der Waals surface area contributed by atoms with Gasteiger partial charge in [0.25, 0.3) is 0 Å². The summed E-state index contributed by atoms with van der Waals surface area (Å²) < 4.78 is 5.82. The molecule has 0 saturated heterocycles. The third-order valence-corrected chi connectivity index (χ3v) is 3.85. The monoisotopic (exact) mass is 269 g/mol. The minimum absolute atomic E-state index is 0.0756. The summed E-state index contributed by atoms with van der Waals surface area (Å²) in [6.45, 7) is 0.614. The maximum absolute atomic E-state index is 9.01. The van der Waals surface area contributed by atoms with Crippen LogP contribution in [0.25, 0.3) is 0 Å². The third-order valence-electron chi connectivity index (χ3n) is 3.85. The molecule has 0 radical (unpaired) electrons. The molecule has 0 spiro atoms. The molecule has 104 valence electrons. The second-order valence-electron chi connectivity index (χ2n) is 5.27. The molecule has 0 aliphatic heterocycles. The molecule has 0 unspecified atom stereocenters. The van der Waals surface area contributed by atoms with E-state index in [4.69, 9.17) is 15.6 Å². The summed E-state index contributed by atoms with van der Waals surface area (Å²) in [5.74, 6) is 0.893. The predicted octanol–water partition coefficient (Wildman–Crippen LogP) is 2.70. The van der Waals surface area contributed by atoms with E-state index >= 15 is 0 Å². The molecule has 0 bridgehead atoms. The zero-order valence-electron chi connectivity index (χ0n) is 11.4. The van der Waals surface area contributed by atoms with E-state index in [-0.39, 0.29) is 12.6 Å². The van der Waals surface area contributed by atoms with E-state index in [1.54, 1.807) is 0 Å². The summed E-state index contributed by atoms with van der Waals surface area (Å²) in [6, 6.07) is 14.2. The molecule has 3 heteroatoms. The summed E-state index contributed by atoms with van der Waals surface area (Å²) >= 11 is 0. The molecule has 1 aliphatic carbocycles. The Morgan fingerprint density at radius 2 is 1.85 bits per heavy atom. The number of benzene rings is 2. The van der Waals surface area contributed by atoms with Crippen molar-refractivity contribution in [1.29, 1.82) is 0 Å². The maximum Gasteiger partial charge on any atom is 0.120 e. The second-order valence-corrected chi connectivity index (χ2v) is 5.27. The van der Waals surface area contributed by atoms with Crippen molar-refractivity contribution in [2.45, 2.75) is 32.1 Å². The van der Waals surface area contributed by atoms with E-state index < -0.39 is 0 Å². The fourth-order valence-electron chi connectivity index (χ4n) is 2.62. The molecule has 0 fully saturated rings. The molecule has 2 aromatic carbocycles. The maximum atomic E-state index is 9.01. The van der Waals surface area contributed by atoms with Gasteiger partial charge in [-0.15, -0.1) is 0 Å². The molecule has 3 N–H and O–H groups in total. The molecule has 1 atom stereocenters. The first-order valence-electron chi connectivity index (χ1n) is 6.96. The fraction of sp³-hybridized carbons (Fsp3) is 0.294. The van der Waals surface area contributed by atoms with Gasteiger partial charge in [-0.1, -0.05) is 30.3 Å². The van der Waals surface area contributed by atoms with Gasteiger partial charge in [0.1, 0.15) is 12.4 Å². The Hall–Kier alpha value is -1.84. The van der Waals surface area contributed by atoms with Gasteiger partial charge in [0.05, 0.1) is 6.61 Å². The molecule has 3 nitrogen and oxygen atoms in total. The van der Waals surface area contributed by atoms with Crippen LogP contribution in [0.2, 0.25) is 0 Å². The van der Waals surface area contributed by atoms with Gasteiger partial charge in [-0.05, 0) is 47.2 Å². The van der Waals surface area contributed by atoms with Gasteiger partial charge in [-0.3, -0.25) is 0 Å². The summed E-state index contributed by atoms with van der Waals surface area (Å²) in [5.41, 5.74) is 10.6. The molecule has 3 rings (SSSR count). The van der Waals surface area contributed by atoms with E-state index in [2.05, 4.69) is 12.1 Å². The van der Waals surface area contributed by atoms with Crippen LogP contribution in [0.4, 0.5) is 0 Å². The number of aryl methyl sites for hydroxylation is 1. The summed E-state index contributed by atoms with van der Waals surface area (Å²) in [4.78, 5) is 0. The standard InChI is InChI=1S/C17H19NO2/c18-17-8-5-14-9-15(6-7-16(14)17)20-11-13-3-1-12(10-19)2-4-13/h1-4,6-7,9,17,19H,5,8,10-11,18H2/t17-/m1/s1. The van der Waals surface area contributed by atoms with Crippen LogP contribution in [-0.4, -0.2) is 5.11 Å². The molecule has 0 aromatic heterocycles. The van der Waals surface area contributed by atoms with Crippen molar-refractivity contribution in [2.75, 3.05) is 0 Å². The summed E-state index contributed by atoms with van der Waals surface area (Å²) in [7, 11) is 0. The van der Waals surface area contributed by atoms with Crippen molar-refractivity contribution in [3.05, 3.63) is 64.7 Å². The molecular formula is C17H19NO2. The number of aliphatic hydroxyl groups is 1. The zero-order chi connectivity index (χ0) is 13.9. The Morgan fingerprint density at radius 1 is 1.10 bits per heavy atom. The van der Waals surface area contributed by atoms with Crippen molar-refractivity contribution in [3.63, 3.8) is 0 Å². The van der Waals surface area contributed by atoms with Gasteiger partial charge in [-0.25, -0.2) is 0 Å². The average Bonchev–Trinajstić information content (AvgIpc) is 2.87. The Labute approximate surface area is 119 Å². The first-order valence-corrected chi connectivity index (χ1v) is 6.96. The van der Waals surface area contributed by atoms with E-state index in [1.165, 1.54) is 11.1 Å². The SMILES string of the molecule is N[C@@H]1CCc2cc(OCc3ccc(CO)cc3)ccc21. The fourth-order valence-corrected chi connectivity index (χ4v) is 2.62. The van der Waals surface area contributed by atoms with Crippen molar-refractivity contribution in [3.8, 4) is 5.75 Å². The lowest BCUT2D eigenvalue weighted by Crippen LogP contribution is -2.05. The lowest BCUT2D eigenvalue weighted by Gasteiger charge is -2.09. The molecule has 0 saturated carbocycles. The average molecular weight is 269 g/mol. The topological polar surface area (TPSA) is 55.5 Å². The van der Waals surface area contributed by atoms with Crippen LogP contribution in [0.1, 0.15) is 34.7 Å². The molecular weight excluding hydrogens is 250 g/mol. The predicted molar refractivity (Wildman–Crippen MR) is 78.4 cm³/mol. The van der Waals surface area contributed by atoms with Gasteiger partial charge in [-0.2, -0.15) is 0 Å². The van der Waals surface area contributed by atoms with Crippen molar-refractivity contribution >= 4 is 0 Å². The Kier molecular flexibility index (Phi) is 3.72. The largest absolute Gasteiger partial charge is 0.489 e. The lowest BCUT2D eigenvalue weighted by atomic mass is 10.1. The highest BCUT2D eigenvalue weighted by Crippen LogP contribution is 2.32. The minimum Gasteiger partial charge on any atom is -0.489 e. The van der Waals surface area contributed by atoms with E-state index in [1.807, 2.05) is 30.3 Å². The lowest BCUT2D eigenvalue weighted by molar-refractivity contribution is 0.281. The zero-order valence-corrected chi connectivity index (χ0v) is 11.4. The first kappa shape index (κ1) is 13.2. The Balaban J connectivity index is 1.66. The van der Waals surface area contributed by atoms with Gasteiger partial charge in [0.15, 0.2) is 0 Å². The van der Waals surface area contributed by atoms with Crippen molar-refractivity contribution in [1.82, 2.24) is 0 Å². The number of nitrogens with two attached hydrogens (primary N) is 1. The number of hydrogen-bond acceptors (Lipinski definition) is 3. The molecule has 0 amide bonds. The van der Waals surface area contributed by atoms with Gasteiger partial charge < -0.3 is 15.6 Å². The van der Waals surface area contributed by atoms with Crippen LogP contribution >= 0.6 is 0 Å². The highest BCUT2D eigenvalue weighted by atomic mass is 16.5. The van der Waals surface area contributed by atoms with Crippen LogP contribution in [0.5, 0.6) is 5.75 Å². The highest BCUT2D eigenvalue weighted by molar-refractivity contribution is 5.40. The number of ether oxygens (including phenoxy) is 1. The van der Waals surface area contributed by atoms with Crippen LogP contribution in [0.3, 0.4) is 0 Å². The quantitative estimate of drug-likeness (QED) is 0.897. The number of rotatable bonds is 4. The molecule has 2 aromatic rings. The van der Waals surface area contributed by atoms with Crippen LogP contribution < -0.4 is 10.5 Å². The van der Waals surface area contributed by atoms with Gasteiger partial charge >= 0.3 is 0 Å². The van der Waals surface area contributed by atoms with Crippen LogP contribution in [-0.2, 0) is 19.6 Å². The first-order chi connectivity index (χ1) is 9.76. The third kappa shape index (κ3) is 2.69.